The average molecular weight is 126 g/mol. The van der Waals surface area contributed by atoms with Crippen molar-refractivity contribution in [1.29, 1.82) is 0 Å². The summed E-state index contributed by atoms with van der Waals surface area (Å²) in [6.07, 6.45) is 11.9. The van der Waals surface area contributed by atoms with Gasteiger partial charge in [-0.1, -0.05) is 32.6 Å². The molecule has 0 fully saturated rings. The van der Waals surface area contributed by atoms with Crippen LogP contribution in [0.25, 0.3) is 0 Å². The molecule has 0 heterocycles. The zero-order valence-corrected chi connectivity index (χ0v) is 6.02. The van der Waals surface area contributed by atoms with Crippen LogP contribution < -0.4 is 0 Å². The zero-order chi connectivity index (χ0) is 6.95. The number of terminal acetylenes is 1. The predicted octanol–water partition coefficient (Wildman–Crippen LogP) is 2.17. The molecule has 52 valence electrons. The van der Waals surface area contributed by atoms with Gasteiger partial charge in [-0.3, -0.25) is 0 Å². The molecule has 0 bridgehead atoms. The van der Waals surface area contributed by atoms with Gasteiger partial charge in [-0.05, 0) is 6.42 Å². The fraction of sp³-hybridized carbons (Fsp3) is 0.750. The van der Waals surface area contributed by atoms with Crippen molar-refractivity contribution in [3.63, 3.8) is 0 Å². The monoisotopic (exact) mass is 126 g/mol. The molecule has 0 aliphatic carbocycles. The first-order chi connectivity index (χ1) is 4.41. The van der Waals surface area contributed by atoms with E-state index in [1.165, 1.54) is 19.3 Å². The summed E-state index contributed by atoms with van der Waals surface area (Å²) < 4.78 is 4.71. The van der Waals surface area contributed by atoms with Crippen LogP contribution in [-0.4, -0.2) is 6.61 Å². The van der Waals surface area contributed by atoms with E-state index in [0.717, 1.165) is 13.0 Å². The van der Waals surface area contributed by atoms with Crippen LogP contribution in [0, 0.1) is 12.5 Å². The first kappa shape index (κ1) is 8.36. The second-order valence-corrected chi connectivity index (χ2v) is 2.03. The Morgan fingerprint density at radius 3 is 2.67 bits per heavy atom. The van der Waals surface area contributed by atoms with Gasteiger partial charge >= 0.3 is 0 Å². The van der Waals surface area contributed by atoms with Gasteiger partial charge in [0.2, 0.25) is 0 Å². The molecule has 0 saturated heterocycles. The maximum atomic E-state index is 4.87. The Labute approximate surface area is 57.4 Å². The van der Waals surface area contributed by atoms with Crippen LogP contribution in [0.4, 0.5) is 0 Å². The van der Waals surface area contributed by atoms with E-state index in [1.54, 1.807) is 0 Å². The minimum Gasteiger partial charge on any atom is -0.447 e. The normalized spacial score (nSPS) is 8.44. The molecule has 0 radical (unpaired) electrons. The van der Waals surface area contributed by atoms with Crippen molar-refractivity contribution >= 4 is 0 Å². The summed E-state index contributed by atoms with van der Waals surface area (Å²) in [6, 6.07) is 0. The summed E-state index contributed by atoms with van der Waals surface area (Å²) in [4.78, 5) is 0. The minimum atomic E-state index is 0.719. The van der Waals surface area contributed by atoms with Gasteiger partial charge in [-0.15, -0.1) is 0 Å². The molecule has 0 saturated carbocycles. The van der Waals surface area contributed by atoms with Crippen LogP contribution in [-0.2, 0) is 4.74 Å². The van der Waals surface area contributed by atoms with Gasteiger partial charge in [-0.25, -0.2) is 0 Å². The van der Waals surface area contributed by atoms with Crippen molar-refractivity contribution in [3.8, 4) is 12.5 Å². The lowest BCUT2D eigenvalue weighted by molar-refractivity contribution is 0.268. The number of rotatable bonds is 5. The molecular weight excluding hydrogens is 112 g/mol. The highest BCUT2D eigenvalue weighted by Crippen LogP contribution is 1.97. The van der Waals surface area contributed by atoms with Gasteiger partial charge in [0.05, 0.1) is 0 Å². The van der Waals surface area contributed by atoms with Crippen LogP contribution in [0.15, 0.2) is 0 Å². The summed E-state index contributed by atoms with van der Waals surface area (Å²) in [6.45, 7) is 2.90. The molecule has 9 heavy (non-hydrogen) atoms. The first-order valence-corrected chi connectivity index (χ1v) is 3.49. The lowest BCUT2D eigenvalue weighted by Gasteiger charge is -1.95. The van der Waals surface area contributed by atoms with E-state index in [4.69, 9.17) is 11.2 Å². The fourth-order valence-electron chi connectivity index (χ4n) is 0.660. The molecule has 0 N–H and O–H groups in total. The lowest BCUT2D eigenvalue weighted by atomic mass is 10.2. The lowest BCUT2D eigenvalue weighted by Crippen LogP contribution is -1.86. The molecule has 0 aromatic rings. The Kier molecular flexibility index (Phi) is 6.84. The van der Waals surface area contributed by atoms with Crippen molar-refractivity contribution in [3.05, 3.63) is 0 Å². The third kappa shape index (κ3) is 7.36. The highest BCUT2D eigenvalue weighted by Gasteiger charge is 1.84. The third-order valence-electron chi connectivity index (χ3n) is 1.18. The summed E-state index contributed by atoms with van der Waals surface area (Å²) in [5.74, 6) is 0. The van der Waals surface area contributed by atoms with Crippen molar-refractivity contribution < 1.29 is 4.74 Å². The van der Waals surface area contributed by atoms with Gasteiger partial charge in [0.15, 0.2) is 0 Å². The topological polar surface area (TPSA) is 9.23 Å². The SMILES string of the molecule is C#COCCCCCC. The summed E-state index contributed by atoms with van der Waals surface area (Å²) in [5, 5.41) is 0. The van der Waals surface area contributed by atoms with E-state index < -0.39 is 0 Å². The quantitative estimate of drug-likeness (QED) is 0.405. The van der Waals surface area contributed by atoms with Crippen LogP contribution in [0.2, 0.25) is 0 Å². The van der Waals surface area contributed by atoms with Crippen LogP contribution in [0.1, 0.15) is 32.6 Å². The van der Waals surface area contributed by atoms with Crippen LogP contribution >= 0.6 is 0 Å². The van der Waals surface area contributed by atoms with Crippen molar-refractivity contribution in [2.24, 2.45) is 0 Å². The van der Waals surface area contributed by atoms with Crippen LogP contribution in [0.3, 0.4) is 0 Å². The Balaban J connectivity index is 2.69. The standard InChI is InChI=1S/C8H14O/c1-3-5-6-7-8-9-4-2/h2H,3,5-8H2,1H3. The number of hydrogen-bond acceptors (Lipinski definition) is 1. The second kappa shape index (κ2) is 7.36. The maximum Gasteiger partial charge on any atom is 0.106 e. The Morgan fingerprint density at radius 2 is 2.11 bits per heavy atom. The van der Waals surface area contributed by atoms with E-state index >= 15 is 0 Å². The van der Waals surface area contributed by atoms with E-state index in [-0.39, 0.29) is 0 Å². The number of hydrogen-bond donors (Lipinski definition) is 0. The summed E-state index contributed by atoms with van der Waals surface area (Å²) >= 11 is 0. The molecule has 0 aromatic carbocycles. The van der Waals surface area contributed by atoms with Crippen molar-refractivity contribution in [2.45, 2.75) is 32.6 Å². The molecular formula is C8H14O. The molecule has 1 heteroatoms. The van der Waals surface area contributed by atoms with E-state index in [0.29, 0.717) is 0 Å². The van der Waals surface area contributed by atoms with E-state index in [1.807, 2.05) is 0 Å². The summed E-state index contributed by atoms with van der Waals surface area (Å²) in [7, 11) is 0. The van der Waals surface area contributed by atoms with Crippen molar-refractivity contribution in [1.82, 2.24) is 0 Å². The molecule has 0 aliphatic rings. The first-order valence-electron chi connectivity index (χ1n) is 3.49. The number of unbranched alkanes of at least 4 members (excludes halogenated alkanes) is 3. The largest absolute Gasteiger partial charge is 0.447 e. The highest BCUT2D eigenvalue weighted by atomic mass is 16.5. The molecule has 0 unspecified atom stereocenters. The molecule has 0 rings (SSSR count). The Hall–Kier alpha value is -0.640. The van der Waals surface area contributed by atoms with Crippen molar-refractivity contribution in [2.75, 3.05) is 6.61 Å². The predicted molar refractivity (Wildman–Crippen MR) is 38.9 cm³/mol. The minimum absolute atomic E-state index is 0.719. The van der Waals surface area contributed by atoms with E-state index in [2.05, 4.69) is 13.0 Å². The van der Waals surface area contributed by atoms with Gasteiger partial charge in [0, 0.05) is 0 Å². The second-order valence-electron chi connectivity index (χ2n) is 2.03. The van der Waals surface area contributed by atoms with Gasteiger partial charge in [-0.2, -0.15) is 0 Å². The Bertz CT molecular complexity index is 81.1. The van der Waals surface area contributed by atoms with Gasteiger partial charge < -0.3 is 4.74 Å². The molecule has 0 spiro atoms. The molecule has 0 atom stereocenters. The third-order valence-corrected chi connectivity index (χ3v) is 1.18. The summed E-state index contributed by atoms with van der Waals surface area (Å²) in [5.41, 5.74) is 0. The molecule has 0 aliphatic heterocycles. The Morgan fingerprint density at radius 1 is 1.33 bits per heavy atom. The molecule has 1 nitrogen and oxygen atoms in total. The van der Waals surface area contributed by atoms with Gasteiger partial charge in [0.25, 0.3) is 0 Å². The zero-order valence-electron chi connectivity index (χ0n) is 6.02. The average Bonchev–Trinajstić information content (AvgIpc) is 1.89. The number of ether oxygens (including phenoxy) is 1. The smallest absolute Gasteiger partial charge is 0.106 e. The molecule has 0 aromatic heterocycles. The maximum absolute atomic E-state index is 4.87. The highest BCUT2D eigenvalue weighted by molar-refractivity contribution is 4.67. The fourth-order valence-corrected chi connectivity index (χ4v) is 0.660. The van der Waals surface area contributed by atoms with E-state index in [9.17, 15) is 0 Å². The molecule has 0 amide bonds. The van der Waals surface area contributed by atoms with Crippen LogP contribution in [0.5, 0.6) is 0 Å². The van der Waals surface area contributed by atoms with Gasteiger partial charge in [0.1, 0.15) is 12.7 Å².